The molecule has 0 aromatic carbocycles. The molecule has 0 spiro atoms. The number of unbranched alkanes of at least 4 members (excludes halogenated alkanes) is 18. The van der Waals surface area contributed by atoms with Crippen molar-refractivity contribution in [1.29, 1.82) is 0 Å². The van der Waals surface area contributed by atoms with Crippen LogP contribution in [0.5, 0.6) is 0 Å². The predicted molar refractivity (Wildman–Crippen MR) is 133 cm³/mol. The van der Waals surface area contributed by atoms with E-state index in [0.717, 1.165) is 25.7 Å². The van der Waals surface area contributed by atoms with Gasteiger partial charge in [-0.1, -0.05) is 129 Å². The molecule has 4 nitrogen and oxygen atoms in total. The van der Waals surface area contributed by atoms with Crippen molar-refractivity contribution in [3.8, 4) is 0 Å². The molecule has 0 aromatic heterocycles. The maximum absolute atomic E-state index is 12.3. The van der Waals surface area contributed by atoms with Gasteiger partial charge in [0.2, 0.25) is 5.79 Å². The summed E-state index contributed by atoms with van der Waals surface area (Å²) in [6.07, 6.45) is 25.6. The van der Waals surface area contributed by atoms with Crippen LogP contribution in [-0.4, -0.2) is 30.5 Å². The molecule has 0 saturated carbocycles. The van der Waals surface area contributed by atoms with Gasteiger partial charge >= 0.3 is 0 Å². The minimum Gasteiger partial charge on any atom is -0.358 e. The number of nitrogens with one attached hydrogen (secondary N) is 1. The lowest BCUT2D eigenvalue weighted by atomic mass is 10.0. The Kier molecular flexibility index (Phi) is 22.1. The number of ether oxygens (including phenoxy) is 1. The van der Waals surface area contributed by atoms with Crippen molar-refractivity contribution in [2.45, 2.75) is 154 Å². The molecule has 0 aliphatic heterocycles. The first-order valence-electron chi connectivity index (χ1n) is 13.7. The molecule has 1 amide bonds. The third kappa shape index (κ3) is 18.6. The van der Waals surface area contributed by atoms with Crippen molar-refractivity contribution in [2.75, 3.05) is 13.7 Å². The van der Waals surface area contributed by atoms with E-state index in [1.807, 2.05) is 0 Å². The quantitative estimate of drug-likeness (QED) is 0.119. The number of aliphatic hydroxyl groups is 1. The first-order chi connectivity index (χ1) is 15.1. The molecule has 1 atom stereocenters. The lowest BCUT2D eigenvalue weighted by Gasteiger charge is -2.25. The lowest BCUT2D eigenvalue weighted by molar-refractivity contribution is -0.200. The van der Waals surface area contributed by atoms with Crippen molar-refractivity contribution < 1.29 is 14.6 Å². The Labute approximate surface area is 194 Å². The Morgan fingerprint density at radius 1 is 0.645 bits per heavy atom. The molecule has 31 heavy (non-hydrogen) atoms. The van der Waals surface area contributed by atoms with Crippen LogP contribution in [0.15, 0.2) is 0 Å². The smallest absolute Gasteiger partial charge is 0.280 e. The molecule has 0 bridgehead atoms. The molecule has 0 rings (SSSR count). The van der Waals surface area contributed by atoms with Gasteiger partial charge in [0.1, 0.15) is 0 Å². The van der Waals surface area contributed by atoms with E-state index in [2.05, 4.69) is 19.2 Å². The minimum absolute atomic E-state index is 0.377. The molecule has 4 heteroatoms. The van der Waals surface area contributed by atoms with Crippen LogP contribution in [-0.2, 0) is 9.53 Å². The van der Waals surface area contributed by atoms with Gasteiger partial charge in [0.15, 0.2) is 0 Å². The van der Waals surface area contributed by atoms with Crippen LogP contribution < -0.4 is 5.32 Å². The lowest BCUT2D eigenvalue weighted by Crippen LogP contribution is -2.48. The zero-order valence-electron chi connectivity index (χ0n) is 21.3. The SMILES string of the molecule is CCCCCCCCCCCCCCCCC(O)(OC)C(=O)NCCCCCCCC. The van der Waals surface area contributed by atoms with Crippen LogP contribution in [0.2, 0.25) is 0 Å². The van der Waals surface area contributed by atoms with Crippen molar-refractivity contribution in [3.05, 3.63) is 0 Å². The number of amides is 1. The average molecular weight is 442 g/mol. The van der Waals surface area contributed by atoms with Crippen LogP contribution in [0, 0.1) is 0 Å². The van der Waals surface area contributed by atoms with Crippen molar-refractivity contribution >= 4 is 5.91 Å². The van der Waals surface area contributed by atoms with Crippen LogP contribution >= 0.6 is 0 Å². The highest BCUT2D eigenvalue weighted by Gasteiger charge is 2.34. The van der Waals surface area contributed by atoms with Gasteiger partial charge in [0, 0.05) is 20.1 Å². The van der Waals surface area contributed by atoms with Crippen molar-refractivity contribution in [1.82, 2.24) is 5.32 Å². The molecular weight excluding hydrogens is 386 g/mol. The third-order valence-electron chi connectivity index (χ3n) is 6.38. The summed E-state index contributed by atoms with van der Waals surface area (Å²) in [4.78, 5) is 12.3. The monoisotopic (exact) mass is 441 g/mol. The Balaban J connectivity index is 3.59. The largest absolute Gasteiger partial charge is 0.358 e. The summed E-state index contributed by atoms with van der Waals surface area (Å²) < 4.78 is 5.17. The zero-order chi connectivity index (χ0) is 23.0. The third-order valence-corrected chi connectivity index (χ3v) is 6.38. The molecule has 0 saturated heterocycles. The number of carbonyl (C=O) groups excluding carboxylic acids is 1. The van der Waals surface area contributed by atoms with Gasteiger partial charge in [0.25, 0.3) is 5.91 Å². The first kappa shape index (κ1) is 30.4. The predicted octanol–water partition coefficient (Wildman–Crippen LogP) is 7.67. The summed E-state index contributed by atoms with van der Waals surface area (Å²) in [7, 11) is 1.42. The van der Waals surface area contributed by atoms with Gasteiger partial charge < -0.3 is 15.2 Å². The summed E-state index contributed by atoms with van der Waals surface area (Å²) >= 11 is 0. The normalized spacial score (nSPS) is 13.3. The van der Waals surface area contributed by atoms with Crippen molar-refractivity contribution in [2.24, 2.45) is 0 Å². The fourth-order valence-corrected chi connectivity index (χ4v) is 4.11. The first-order valence-corrected chi connectivity index (χ1v) is 13.7. The second kappa shape index (κ2) is 22.6. The summed E-state index contributed by atoms with van der Waals surface area (Å²) in [6, 6.07) is 0. The van der Waals surface area contributed by atoms with E-state index < -0.39 is 5.79 Å². The van der Waals surface area contributed by atoms with Crippen LogP contribution in [0.4, 0.5) is 0 Å². The van der Waals surface area contributed by atoms with Gasteiger partial charge in [0.05, 0.1) is 0 Å². The summed E-state index contributed by atoms with van der Waals surface area (Å²) in [5.41, 5.74) is 0. The highest BCUT2D eigenvalue weighted by atomic mass is 16.6. The molecule has 0 heterocycles. The van der Waals surface area contributed by atoms with Crippen molar-refractivity contribution in [3.63, 3.8) is 0 Å². The van der Waals surface area contributed by atoms with E-state index in [9.17, 15) is 9.90 Å². The van der Waals surface area contributed by atoms with Crippen LogP contribution in [0.25, 0.3) is 0 Å². The molecule has 0 fully saturated rings. The second-order valence-corrected chi connectivity index (χ2v) is 9.36. The zero-order valence-corrected chi connectivity index (χ0v) is 21.3. The molecule has 0 aromatic rings. The van der Waals surface area contributed by atoms with Gasteiger partial charge in [-0.15, -0.1) is 0 Å². The number of hydrogen-bond acceptors (Lipinski definition) is 3. The van der Waals surface area contributed by atoms with Crippen LogP contribution in [0.3, 0.4) is 0 Å². The number of hydrogen-bond donors (Lipinski definition) is 2. The van der Waals surface area contributed by atoms with Gasteiger partial charge in [-0.05, 0) is 12.8 Å². The number of carbonyl (C=O) groups is 1. The Morgan fingerprint density at radius 2 is 1.00 bits per heavy atom. The summed E-state index contributed by atoms with van der Waals surface area (Å²) in [6.45, 7) is 5.10. The highest BCUT2D eigenvalue weighted by molar-refractivity contribution is 5.83. The fraction of sp³-hybridized carbons (Fsp3) is 0.963. The van der Waals surface area contributed by atoms with E-state index in [4.69, 9.17) is 4.74 Å². The highest BCUT2D eigenvalue weighted by Crippen LogP contribution is 2.18. The molecule has 0 radical (unpaired) electrons. The molecule has 0 aliphatic carbocycles. The van der Waals surface area contributed by atoms with E-state index in [1.54, 1.807) is 0 Å². The van der Waals surface area contributed by atoms with Gasteiger partial charge in [-0.3, -0.25) is 4.79 Å². The maximum Gasteiger partial charge on any atom is 0.280 e. The summed E-state index contributed by atoms with van der Waals surface area (Å²) in [5.74, 6) is -2.04. The second-order valence-electron chi connectivity index (χ2n) is 9.36. The molecule has 2 N–H and O–H groups in total. The molecule has 186 valence electrons. The standard InChI is InChI=1S/C27H55NO3/c1-4-6-8-10-12-13-14-15-16-17-18-19-20-22-24-27(30,31-3)26(29)28-25-23-21-11-9-7-5-2/h30H,4-25H2,1-3H3,(H,28,29). The molecular formula is C27H55NO3. The van der Waals surface area contributed by atoms with Gasteiger partial charge in [-0.25, -0.2) is 0 Å². The summed E-state index contributed by atoms with van der Waals surface area (Å²) in [5, 5.41) is 13.4. The van der Waals surface area contributed by atoms with Gasteiger partial charge in [-0.2, -0.15) is 0 Å². The van der Waals surface area contributed by atoms with E-state index in [0.29, 0.717) is 13.0 Å². The molecule has 0 aliphatic rings. The number of methoxy groups -OCH3 is 1. The van der Waals surface area contributed by atoms with E-state index >= 15 is 0 Å². The average Bonchev–Trinajstić information content (AvgIpc) is 2.78. The Hall–Kier alpha value is -0.610. The Bertz CT molecular complexity index is 389. The topological polar surface area (TPSA) is 58.6 Å². The molecule has 1 unspecified atom stereocenters. The fourth-order valence-electron chi connectivity index (χ4n) is 4.11. The number of rotatable bonds is 24. The van der Waals surface area contributed by atoms with E-state index in [-0.39, 0.29) is 5.91 Å². The maximum atomic E-state index is 12.3. The van der Waals surface area contributed by atoms with Crippen LogP contribution in [0.1, 0.15) is 149 Å². The minimum atomic E-state index is -1.67. The van der Waals surface area contributed by atoms with E-state index in [1.165, 1.54) is 110 Å². The Morgan fingerprint density at radius 3 is 1.39 bits per heavy atom.